The Bertz CT molecular complexity index is 58.1. The van der Waals surface area contributed by atoms with E-state index in [-0.39, 0.29) is 0 Å². The number of halogens is 1. The minimum atomic E-state index is 0.867. The van der Waals surface area contributed by atoms with E-state index in [1.165, 1.54) is 20.6 Å². The van der Waals surface area contributed by atoms with Crippen molar-refractivity contribution in [2.75, 3.05) is 13.1 Å². The highest BCUT2D eigenvalue weighted by Gasteiger charge is 2.16. The third-order valence-electron chi connectivity index (χ3n) is 0.577. The SMILES string of the molecule is C=CCNCC=C.[Mg+2][Cl]. The molecule has 1 N–H and O–H groups in total. The van der Waals surface area contributed by atoms with Gasteiger partial charge in [0.05, 0.1) is 0 Å². The topological polar surface area (TPSA) is 12.0 Å². The average Bonchev–Trinajstić information content (AvgIpc) is 1.94. The summed E-state index contributed by atoms with van der Waals surface area (Å²) in [7, 11) is 4.67. The molecule has 0 saturated heterocycles. The van der Waals surface area contributed by atoms with Gasteiger partial charge in [0.1, 0.15) is 0 Å². The fraction of sp³-hybridized carbons (Fsp3) is 0.333. The molecule has 0 amide bonds. The number of hydrogen-bond donors (Lipinski definition) is 1. The second kappa shape index (κ2) is 15.8. The van der Waals surface area contributed by atoms with Gasteiger partial charge in [-0.25, -0.2) is 0 Å². The van der Waals surface area contributed by atoms with Crippen molar-refractivity contribution in [2.24, 2.45) is 0 Å². The molecule has 0 spiro atoms. The van der Waals surface area contributed by atoms with Crippen molar-refractivity contribution in [1.29, 1.82) is 0 Å². The smallest absolute Gasteiger partial charge is 0.310 e. The maximum Gasteiger partial charge on any atom is 1.59 e. The standard InChI is InChI=1S/C6H11N.ClH.Mg/c1-3-5-7-6-4-2;;/h3-4,7H,1-2,5-6H2;1H;/q;;+3/p-1. The molecule has 0 aromatic carbocycles. The molecule has 0 fully saturated rings. The van der Waals surface area contributed by atoms with Gasteiger partial charge in [-0.1, -0.05) is 12.2 Å². The summed E-state index contributed by atoms with van der Waals surface area (Å²) in [5.74, 6) is 0. The van der Waals surface area contributed by atoms with Crippen LogP contribution in [0.1, 0.15) is 0 Å². The summed E-state index contributed by atoms with van der Waals surface area (Å²) < 4.78 is 0. The lowest BCUT2D eigenvalue weighted by Gasteiger charge is -1.90. The zero-order valence-electron chi connectivity index (χ0n) is 5.57. The first-order chi connectivity index (χ1) is 4.41. The van der Waals surface area contributed by atoms with Gasteiger partial charge < -0.3 is 5.32 Å². The van der Waals surface area contributed by atoms with Crippen LogP contribution in [0.15, 0.2) is 25.3 Å². The Hall–Kier alpha value is 0.496. The second-order valence-electron chi connectivity index (χ2n) is 1.24. The number of rotatable bonds is 4. The quantitative estimate of drug-likeness (QED) is 0.368. The normalized spacial score (nSPS) is 6.89. The molecule has 47 valence electrons. The lowest BCUT2D eigenvalue weighted by molar-refractivity contribution is 0.845. The molecule has 9 heavy (non-hydrogen) atoms. The van der Waals surface area contributed by atoms with Crippen molar-refractivity contribution in [1.82, 2.24) is 5.32 Å². The van der Waals surface area contributed by atoms with Crippen molar-refractivity contribution in [2.45, 2.75) is 0 Å². The fourth-order valence-corrected chi connectivity index (χ4v) is 0.287. The molecule has 0 saturated carbocycles. The van der Waals surface area contributed by atoms with E-state index in [0.717, 1.165) is 13.1 Å². The van der Waals surface area contributed by atoms with Crippen LogP contribution in [0, 0.1) is 0 Å². The summed E-state index contributed by atoms with van der Waals surface area (Å²) in [6, 6.07) is 0. The molecule has 7 radical (unpaired) electrons. The summed E-state index contributed by atoms with van der Waals surface area (Å²) in [6.45, 7) is 8.81. The van der Waals surface area contributed by atoms with Crippen molar-refractivity contribution < 1.29 is 0 Å². The van der Waals surface area contributed by atoms with Gasteiger partial charge in [-0.3, -0.25) is 0 Å². The molecule has 1 nitrogen and oxygen atoms in total. The highest BCUT2D eigenvalue weighted by atomic mass is 35.5. The average molecular weight is 157 g/mol. The predicted molar refractivity (Wildman–Crippen MR) is 44.9 cm³/mol. The third-order valence-corrected chi connectivity index (χ3v) is 0.577. The van der Waals surface area contributed by atoms with Crippen LogP contribution < -0.4 is 5.32 Å². The van der Waals surface area contributed by atoms with Gasteiger partial charge in [-0.2, -0.15) is 0 Å². The van der Waals surface area contributed by atoms with Gasteiger partial charge in [-0.15, -0.1) is 13.2 Å². The first-order valence-corrected chi connectivity index (χ1v) is 4.75. The minimum absolute atomic E-state index is 0.867. The molecule has 0 unspecified atom stereocenters. The van der Waals surface area contributed by atoms with E-state index >= 15 is 0 Å². The molecule has 3 heteroatoms. The van der Waals surface area contributed by atoms with Crippen LogP contribution >= 0.6 is 9.07 Å². The van der Waals surface area contributed by atoms with E-state index in [0.29, 0.717) is 0 Å². The first kappa shape index (κ1) is 12.2. The van der Waals surface area contributed by atoms with E-state index in [1.54, 1.807) is 0 Å². The van der Waals surface area contributed by atoms with Crippen LogP contribution in [0.3, 0.4) is 0 Å². The van der Waals surface area contributed by atoms with Crippen molar-refractivity contribution >= 4 is 29.7 Å². The second-order valence-corrected chi connectivity index (χ2v) is 1.24. The molecule has 0 aliphatic rings. The van der Waals surface area contributed by atoms with E-state index in [9.17, 15) is 0 Å². The molecule has 0 heterocycles. The molecular weight excluding hydrogens is 146 g/mol. The van der Waals surface area contributed by atoms with Gasteiger partial charge in [-0.05, 0) is 0 Å². The zero-order valence-corrected chi connectivity index (χ0v) is 7.74. The lowest BCUT2D eigenvalue weighted by atomic mass is 10.5. The minimum Gasteiger partial charge on any atom is -0.310 e. The van der Waals surface area contributed by atoms with Crippen LogP contribution in [0.25, 0.3) is 0 Å². The monoisotopic (exact) mass is 156 g/mol. The Kier molecular flexibility index (Phi) is 21.4. The maximum absolute atomic E-state index is 4.67. The van der Waals surface area contributed by atoms with E-state index in [1.807, 2.05) is 12.2 Å². The van der Waals surface area contributed by atoms with E-state index in [2.05, 4.69) is 27.5 Å². The molecule has 0 aliphatic carbocycles. The largest absolute Gasteiger partial charge is 1.59 e. The van der Waals surface area contributed by atoms with Gasteiger partial charge in [0.25, 0.3) is 0 Å². The Morgan fingerprint density at radius 3 is 1.78 bits per heavy atom. The Morgan fingerprint density at radius 2 is 1.56 bits per heavy atom. The predicted octanol–water partition coefficient (Wildman–Crippen LogP) is 1.26. The molecule has 0 aromatic heterocycles. The molecule has 0 aliphatic heterocycles. The molecule has 0 aromatic rings. The van der Waals surface area contributed by atoms with E-state index in [4.69, 9.17) is 0 Å². The Labute approximate surface area is 73.4 Å². The van der Waals surface area contributed by atoms with E-state index < -0.39 is 0 Å². The van der Waals surface area contributed by atoms with Crippen molar-refractivity contribution in [3.8, 4) is 0 Å². The Morgan fingerprint density at radius 1 is 1.22 bits per heavy atom. The van der Waals surface area contributed by atoms with Crippen LogP contribution in [-0.2, 0) is 0 Å². The summed E-state index contributed by atoms with van der Waals surface area (Å²) in [5, 5.41) is 3.05. The van der Waals surface area contributed by atoms with Crippen molar-refractivity contribution in [3.05, 3.63) is 25.3 Å². The molecule has 0 rings (SSSR count). The van der Waals surface area contributed by atoms with Crippen LogP contribution in [-0.4, -0.2) is 33.7 Å². The van der Waals surface area contributed by atoms with Crippen LogP contribution in [0.4, 0.5) is 0 Å². The van der Waals surface area contributed by atoms with Gasteiger partial charge in [0.15, 0.2) is 0 Å². The Balaban J connectivity index is 0. The van der Waals surface area contributed by atoms with Gasteiger partial charge in [0.2, 0.25) is 0 Å². The highest BCUT2D eigenvalue weighted by Crippen LogP contribution is 1.59. The number of nitrogens with one attached hydrogen (secondary N) is 1. The maximum atomic E-state index is 4.67. The highest BCUT2D eigenvalue weighted by molar-refractivity contribution is 6.80. The molecule has 0 bridgehead atoms. The fourth-order valence-electron chi connectivity index (χ4n) is 0.287. The molecular formula is C6H11ClMgN+2. The van der Waals surface area contributed by atoms with Crippen LogP contribution in [0.5, 0.6) is 0 Å². The third kappa shape index (κ3) is 17.7. The lowest BCUT2D eigenvalue weighted by Crippen LogP contribution is -2.11. The summed E-state index contributed by atoms with van der Waals surface area (Å²) >= 11 is 1.33. The van der Waals surface area contributed by atoms with Crippen molar-refractivity contribution in [3.63, 3.8) is 0 Å². The first-order valence-electron chi connectivity index (χ1n) is 2.61. The molecule has 0 atom stereocenters. The zero-order chi connectivity index (χ0) is 7.54. The van der Waals surface area contributed by atoms with Gasteiger partial charge >= 0.3 is 29.7 Å². The number of hydrogen-bond acceptors (Lipinski definition) is 1. The van der Waals surface area contributed by atoms with Crippen LogP contribution in [0.2, 0.25) is 0 Å². The summed E-state index contributed by atoms with van der Waals surface area (Å²) in [6.07, 6.45) is 3.65. The summed E-state index contributed by atoms with van der Waals surface area (Å²) in [5.41, 5.74) is 0. The van der Waals surface area contributed by atoms with Gasteiger partial charge in [0, 0.05) is 13.1 Å². The summed E-state index contributed by atoms with van der Waals surface area (Å²) in [4.78, 5) is 0.